The van der Waals surface area contributed by atoms with Gasteiger partial charge in [-0.25, -0.2) is 8.42 Å². The van der Waals surface area contributed by atoms with Crippen molar-refractivity contribution >= 4 is 21.6 Å². The van der Waals surface area contributed by atoms with Gasteiger partial charge in [-0.1, -0.05) is 6.92 Å². The van der Waals surface area contributed by atoms with Crippen LogP contribution in [-0.2, 0) is 9.84 Å². The quantitative estimate of drug-likeness (QED) is 0.655. The van der Waals surface area contributed by atoms with Gasteiger partial charge in [0.25, 0.3) is 0 Å². The van der Waals surface area contributed by atoms with E-state index in [0.717, 1.165) is 11.7 Å². The Morgan fingerprint density at radius 3 is 2.80 bits per heavy atom. The molecule has 0 unspecified atom stereocenters. The Bertz CT molecular complexity index is 289. The first-order valence-corrected chi connectivity index (χ1v) is 5.05. The lowest BCUT2D eigenvalue weighted by molar-refractivity contribution is 0.594. The summed E-state index contributed by atoms with van der Waals surface area (Å²) < 4.78 is 29.1. The number of hydrogen-bond donors (Lipinski definition) is 0. The van der Waals surface area contributed by atoms with Crippen molar-refractivity contribution in [2.45, 2.75) is 11.9 Å². The van der Waals surface area contributed by atoms with E-state index in [0.29, 0.717) is 0 Å². The monoisotopic (exact) mass is 178 g/mol. The van der Waals surface area contributed by atoms with Gasteiger partial charge in [-0.2, -0.15) is 8.75 Å². The molecule has 0 aliphatic rings. The standard InChI is InChI=1S/C4H6N2O2S2/c1-2-10(7,8)4-3-5-9-6-4/h3H,2H2,1H3. The summed E-state index contributed by atoms with van der Waals surface area (Å²) in [5, 5.41) is 0.0833. The van der Waals surface area contributed by atoms with Crippen molar-refractivity contribution in [3.05, 3.63) is 6.20 Å². The summed E-state index contributed by atoms with van der Waals surface area (Å²) in [4.78, 5) is 0. The molecule has 1 heterocycles. The second-order valence-electron chi connectivity index (χ2n) is 1.65. The number of rotatable bonds is 2. The average Bonchev–Trinajstić information content (AvgIpc) is 2.38. The van der Waals surface area contributed by atoms with Crippen molar-refractivity contribution in [1.29, 1.82) is 0 Å². The van der Waals surface area contributed by atoms with Crippen LogP contribution in [0.25, 0.3) is 0 Å². The van der Waals surface area contributed by atoms with Crippen molar-refractivity contribution in [1.82, 2.24) is 8.75 Å². The Kier molecular flexibility index (Phi) is 2.00. The molecule has 56 valence electrons. The molecule has 0 saturated carbocycles. The highest BCUT2D eigenvalue weighted by atomic mass is 32.2. The van der Waals surface area contributed by atoms with Crippen molar-refractivity contribution in [3.8, 4) is 0 Å². The predicted molar refractivity (Wildman–Crippen MR) is 37.6 cm³/mol. The van der Waals surface area contributed by atoms with Crippen molar-refractivity contribution < 1.29 is 8.42 Å². The molecular formula is C4H6N2O2S2. The molecule has 4 nitrogen and oxygen atoms in total. The van der Waals surface area contributed by atoms with Crippen LogP contribution in [0.2, 0.25) is 0 Å². The molecule has 0 aliphatic heterocycles. The van der Waals surface area contributed by atoms with Gasteiger partial charge in [0.2, 0.25) is 0 Å². The molecule has 0 spiro atoms. The summed E-state index contributed by atoms with van der Waals surface area (Å²) in [5.41, 5.74) is 0. The first-order valence-electron chi connectivity index (χ1n) is 2.67. The minimum Gasteiger partial charge on any atom is -0.222 e. The third kappa shape index (κ3) is 1.32. The molecule has 1 aromatic heterocycles. The van der Waals surface area contributed by atoms with Crippen molar-refractivity contribution in [3.63, 3.8) is 0 Å². The zero-order valence-electron chi connectivity index (χ0n) is 5.31. The molecule has 1 aromatic rings. The van der Waals surface area contributed by atoms with Gasteiger partial charge in [0.1, 0.15) is 0 Å². The molecule has 0 N–H and O–H groups in total. The zero-order chi connectivity index (χ0) is 7.61. The molecule has 0 aromatic carbocycles. The fraction of sp³-hybridized carbons (Fsp3) is 0.500. The molecule has 0 radical (unpaired) electrons. The van der Waals surface area contributed by atoms with Crippen LogP contribution >= 0.6 is 11.7 Å². The fourth-order valence-electron chi connectivity index (χ4n) is 0.441. The highest BCUT2D eigenvalue weighted by molar-refractivity contribution is 7.91. The van der Waals surface area contributed by atoms with Gasteiger partial charge in [-0.05, 0) is 0 Å². The predicted octanol–water partition coefficient (Wildman–Crippen LogP) is 0.332. The molecule has 0 amide bonds. The number of aromatic nitrogens is 2. The van der Waals surface area contributed by atoms with E-state index in [1.54, 1.807) is 6.92 Å². The summed E-state index contributed by atoms with van der Waals surface area (Å²) >= 11 is 0.903. The second kappa shape index (κ2) is 2.63. The maximum absolute atomic E-state index is 11.0. The number of nitrogens with zero attached hydrogens (tertiary/aromatic N) is 2. The molecule has 0 aliphatic carbocycles. The van der Waals surface area contributed by atoms with Gasteiger partial charge in [0.15, 0.2) is 14.9 Å². The van der Waals surface area contributed by atoms with E-state index >= 15 is 0 Å². The summed E-state index contributed by atoms with van der Waals surface area (Å²) in [6.07, 6.45) is 1.27. The lowest BCUT2D eigenvalue weighted by atomic mass is 10.9. The van der Waals surface area contributed by atoms with Gasteiger partial charge >= 0.3 is 0 Å². The van der Waals surface area contributed by atoms with Crippen LogP contribution < -0.4 is 0 Å². The van der Waals surface area contributed by atoms with Crippen LogP contribution in [0, 0.1) is 0 Å². The molecule has 1 rings (SSSR count). The third-order valence-electron chi connectivity index (χ3n) is 1.04. The minimum atomic E-state index is -3.12. The van der Waals surface area contributed by atoms with E-state index < -0.39 is 9.84 Å². The maximum atomic E-state index is 11.0. The Morgan fingerprint density at radius 2 is 2.40 bits per heavy atom. The third-order valence-corrected chi connectivity index (χ3v) is 3.23. The highest BCUT2D eigenvalue weighted by Gasteiger charge is 2.13. The molecule has 0 atom stereocenters. The summed E-state index contributed by atoms with van der Waals surface area (Å²) in [6.45, 7) is 1.58. The summed E-state index contributed by atoms with van der Waals surface area (Å²) in [7, 11) is -3.12. The van der Waals surface area contributed by atoms with Crippen molar-refractivity contribution in [2.75, 3.05) is 5.75 Å². The Balaban J connectivity index is 3.09. The topological polar surface area (TPSA) is 59.9 Å². The fourth-order valence-corrected chi connectivity index (χ4v) is 1.89. The lowest BCUT2D eigenvalue weighted by Gasteiger charge is -1.90. The largest absolute Gasteiger partial charge is 0.222 e. The normalized spacial score (nSPS) is 11.7. The van der Waals surface area contributed by atoms with E-state index in [4.69, 9.17) is 0 Å². The number of hydrogen-bond acceptors (Lipinski definition) is 5. The second-order valence-corrected chi connectivity index (χ2v) is 4.43. The summed E-state index contributed by atoms with van der Waals surface area (Å²) in [5.74, 6) is 0.0818. The van der Waals surface area contributed by atoms with Crippen LogP contribution in [0.4, 0.5) is 0 Å². The van der Waals surface area contributed by atoms with E-state index in [-0.39, 0.29) is 10.8 Å². The van der Waals surface area contributed by atoms with Gasteiger partial charge in [0.05, 0.1) is 23.7 Å². The summed E-state index contributed by atoms with van der Waals surface area (Å²) in [6, 6.07) is 0. The first kappa shape index (κ1) is 7.62. The molecule has 0 fully saturated rings. The Hall–Kier alpha value is -0.490. The van der Waals surface area contributed by atoms with Gasteiger partial charge < -0.3 is 0 Å². The van der Waals surface area contributed by atoms with Crippen LogP contribution in [0.5, 0.6) is 0 Å². The van der Waals surface area contributed by atoms with Crippen molar-refractivity contribution in [2.24, 2.45) is 0 Å². The molecule has 6 heteroatoms. The Morgan fingerprint density at radius 1 is 1.70 bits per heavy atom. The SMILES string of the molecule is CCS(=O)(=O)c1cnsn1. The first-order chi connectivity index (χ1) is 4.67. The molecule has 0 bridgehead atoms. The van der Waals surface area contributed by atoms with Gasteiger partial charge in [-0.15, -0.1) is 0 Å². The zero-order valence-corrected chi connectivity index (χ0v) is 6.94. The minimum absolute atomic E-state index is 0.0818. The van der Waals surface area contributed by atoms with Gasteiger partial charge in [-0.3, -0.25) is 0 Å². The Labute approximate surface area is 63.1 Å². The highest BCUT2D eigenvalue weighted by Crippen LogP contribution is 2.06. The average molecular weight is 178 g/mol. The van der Waals surface area contributed by atoms with Gasteiger partial charge in [0, 0.05) is 0 Å². The van der Waals surface area contributed by atoms with Crippen LogP contribution in [0.15, 0.2) is 11.2 Å². The van der Waals surface area contributed by atoms with Crippen LogP contribution in [0.1, 0.15) is 6.92 Å². The van der Waals surface area contributed by atoms with Crippen LogP contribution in [-0.4, -0.2) is 22.9 Å². The van der Waals surface area contributed by atoms with E-state index in [1.165, 1.54) is 6.20 Å². The smallest absolute Gasteiger partial charge is 0.198 e. The van der Waals surface area contributed by atoms with Crippen LogP contribution in [0.3, 0.4) is 0 Å². The number of sulfone groups is 1. The maximum Gasteiger partial charge on any atom is 0.198 e. The molecule has 0 saturated heterocycles. The molecule has 10 heavy (non-hydrogen) atoms. The molecular weight excluding hydrogens is 172 g/mol. The lowest BCUT2D eigenvalue weighted by Crippen LogP contribution is -2.03. The van der Waals surface area contributed by atoms with E-state index in [2.05, 4.69) is 8.75 Å². The van der Waals surface area contributed by atoms with E-state index in [1.807, 2.05) is 0 Å². The van der Waals surface area contributed by atoms with E-state index in [9.17, 15) is 8.42 Å².